The van der Waals surface area contributed by atoms with E-state index in [2.05, 4.69) is 10.2 Å². The van der Waals surface area contributed by atoms with Crippen LogP contribution in [0.2, 0.25) is 0 Å². The molecule has 3 heterocycles. The first-order valence-electron chi connectivity index (χ1n) is 5.56. The van der Waals surface area contributed by atoms with Crippen LogP contribution in [0.15, 0.2) is 11.5 Å². The fraction of sp³-hybridized carbons (Fsp3) is 0.364. The molecule has 3 aromatic heterocycles. The summed E-state index contributed by atoms with van der Waals surface area (Å²) in [6.07, 6.45) is 7.42. The van der Waals surface area contributed by atoms with Crippen LogP contribution in [0.5, 0.6) is 0 Å². The third kappa shape index (κ3) is 1.22. The van der Waals surface area contributed by atoms with Gasteiger partial charge in [-0.1, -0.05) is 11.8 Å². The fourth-order valence-electron chi connectivity index (χ4n) is 2.53. The molecule has 0 aliphatic heterocycles. The molecule has 0 bridgehead atoms. The molecule has 0 saturated carbocycles. The number of rotatable bonds is 1. The minimum absolute atomic E-state index is 0.970. The SMILES string of the molecule is CSc1nc2sc3c(c2c2nncn12)CCC3. The summed E-state index contributed by atoms with van der Waals surface area (Å²) in [6, 6.07) is 0. The van der Waals surface area contributed by atoms with Crippen molar-refractivity contribution >= 4 is 39.0 Å². The average Bonchev–Trinajstić information content (AvgIpc) is 3.00. The Labute approximate surface area is 106 Å². The van der Waals surface area contributed by atoms with Crippen LogP contribution in [0, 0.1) is 0 Å². The van der Waals surface area contributed by atoms with E-state index >= 15 is 0 Å². The van der Waals surface area contributed by atoms with E-state index < -0.39 is 0 Å². The van der Waals surface area contributed by atoms with Gasteiger partial charge in [-0.2, -0.15) is 0 Å². The largest absolute Gasteiger partial charge is 0.259 e. The molecule has 0 amide bonds. The number of nitrogens with zero attached hydrogens (tertiary/aromatic N) is 4. The van der Waals surface area contributed by atoms with Gasteiger partial charge < -0.3 is 0 Å². The number of hydrogen-bond acceptors (Lipinski definition) is 5. The van der Waals surface area contributed by atoms with Gasteiger partial charge in [0.25, 0.3) is 0 Å². The molecule has 6 heteroatoms. The second kappa shape index (κ2) is 3.43. The monoisotopic (exact) mass is 262 g/mol. The maximum absolute atomic E-state index is 4.72. The van der Waals surface area contributed by atoms with Gasteiger partial charge in [-0.05, 0) is 31.1 Å². The second-order valence-corrected chi connectivity index (χ2v) is 6.02. The zero-order valence-corrected chi connectivity index (χ0v) is 10.9. The Bertz CT molecular complexity index is 728. The normalized spacial score (nSPS) is 14.9. The Morgan fingerprint density at radius 3 is 3.24 bits per heavy atom. The molecular formula is C11H10N4S2. The zero-order chi connectivity index (χ0) is 11.4. The van der Waals surface area contributed by atoms with Gasteiger partial charge >= 0.3 is 0 Å². The summed E-state index contributed by atoms with van der Waals surface area (Å²) in [5.74, 6) is 0. The molecule has 0 unspecified atom stereocenters. The van der Waals surface area contributed by atoms with Gasteiger partial charge in [0, 0.05) is 4.88 Å². The van der Waals surface area contributed by atoms with Crippen molar-refractivity contribution in [1.82, 2.24) is 19.6 Å². The molecule has 1 aliphatic carbocycles. The van der Waals surface area contributed by atoms with Crippen LogP contribution in [0.25, 0.3) is 15.9 Å². The summed E-state index contributed by atoms with van der Waals surface area (Å²) in [7, 11) is 0. The van der Waals surface area contributed by atoms with Crippen molar-refractivity contribution in [3.05, 3.63) is 16.8 Å². The summed E-state index contributed by atoms with van der Waals surface area (Å²) in [6.45, 7) is 0. The molecule has 0 spiro atoms. The van der Waals surface area contributed by atoms with Crippen molar-refractivity contribution in [3.63, 3.8) is 0 Å². The number of thioether (sulfide) groups is 1. The van der Waals surface area contributed by atoms with Gasteiger partial charge in [-0.3, -0.25) is 4.40 Å². The Hall–Kier alpha value is -1.14. The highest BCUT2D eigenvalue weighted by Gasteiger charge is 2.22. The molecule has 86 valence electrons. The topological polar surface area (TPSA) is 43.1 Å². The fourth-order valence-corrected chi connectivity index (χ4v) is 4.36. The predicted octanol–water partition coefficient (Wildman–Crippen LogP) is 2.55. The molecule has 0 N–H and O–H groups in total. The van der Waals surface area contributed by atoms with Crippen molar-refractivity contribution in [1.29, 1.82) is 0 Å². The van der Waals surface area contributed by atoms with Crippen LogP contribution >= 0.6 is 23.1 Å². The van der Waals surface area contributed by atoms with Gasteiger partial charge in [-0.25, -0.2) is 4.98 Å². The molecule has 1 aliphatic rings. The van der Waals surface area contributed by atoms with E-state index in [-0.39, 0.29) is 0 Å². The lowest BCUT2D eigenvalue weighted by atomic mass is 10.2. The number of aryl methyl sites for hydroxylation is 2. The van der Waals surface area contributed by atoms with E-state index in [1.165, 1.54) is 28.7 Å². The van der Waals surface area contributed by atoms with Gasteiger partial charge in [0.05, 0.1) is 5.39 Å². The summed E-state index contributed by atoms with van der Waals surface area (Å²) >= 11 is 3.47. The Balaban J connectivity index is 2.23. The first kappa shape index (κ1) is 9.85. The highest BCUT2D eigenvalue weighted by atomic mass is 32.2. The van der Waals surface area contributed by atoms with Crippen LogP contribution in [-0.4, -0.2) is 25.8 Å². The highest BCUT2D eigenvalue weighted by Crippen LogP contribution is 2.38. The van der Waals surface area contributed by atoms with E-state index in [0.29, 0.717) is 0 Å². The third-order valence-electron chi connectivity index (χ3n) is 3.26. The number of thiophene rings is 1. The van der Waals surface area contributed by atoms with E-state index in [1.54, 1.807) is 18.1 Å². The van der Waals surface area contributed by atoms with E-state index in [1.807, 2.05) is 22.0 Å². The van der Waals surface area contributed by atoms with Crippen LogP contribution in [0.4, 0.5) is 0 Å². The maximum Gasteiger partial charge on any atom is 0.176 e. The van der Waals surface area contributed by atoms with Gasteiger partial charge in [0.1, 0.15) is 11.2 Å². The molecule has 0 saturated heterocycles. The summed E-state index contributed by atoms with van der Waals surface area (Å²) in [4.78, 5) is 7.34. The lowest BCUT2D eigenvalue weighted by Crippen LogP contribution is -1.94. The smallest absolute Gasteiger partial charge is 0.176 e. The highest BCUT2D eigenvalue weighted by molar-refractivity contribution is 7.98. The molecule has 0 radical (unpaired) electrons. The van der Waals surface area contributed by atoms with Crippen molar-refractivity contribution in [2.45, 2.75) is 24.4 Å². The Kier molecular flexibility index (Phi) is 1.99. The van der Waals surface area contributed by atoms with Crippen LogP contribution in [-0.2, 0) is 12.8 Å². The van der Waals surface area contributed by atoms with Gasteiger partial charge in [-0.15, -0.1) is 21.5 Å². The average molecular weight is 262 g/mol. The summed E-state index contributed by atoms with van der Waals surface area (Å²) in [5, 5.41) is 10.5. The van der Waals surface area contributed by atoms with Crippen molar-refractivity contribution in [3.8, 4) is 0 Å². The van der Waals surface area contributed by atoms with E-state index in [0.717, 1.165) is 22.1 Å². The van der Waals surface area contributed by atoms with Gasteiger partial charge in [0.2, 0.25) is 0 Å². The molecule has 3 aromatic rings. The molecular weight excluding hydrogens is 252 g/mol. The van der Waals surface area contributed by atoms with Crippen molar-refractivity contribution in [2.24, 2.45) is 0 Å². The maximum atomic E-state index is 4.72. The minimum atomic E-state index is 0.970. The molecule has 0 atom stereocenters. The van der Waals surface area contributed by atoms with Crippen molar-refractivity contribution in [2.75, 3.05) is 6.26 Å². The number of fused-ring (bicyclic) bond motifs is 5. The number of hydrogen-bond donors (Lipinski definition) is 0. The molecule has 17 heavy (non-hydrogen) atoms. The van der Waals surface area contributed by atoms with Crippen LogP contribution in [0.3, 0.4) is 0 Å². The molecule has 0 fully saturated rings. The Morgan fingerprint density at radius 1 is 1.41 bits per heavy atom. The van der Waals surface area contributed by atoms with Gasteiger partial charge in [0.15, 0.2) is 10.8 Å². The number of aromatic nitrogens is 4. The lowest BCUT2D eigenvalue weighted by Gasteiger charge is -2.01. The van der Waals surface area contributed by atoms with E-state index in [4.69, 9.17) is 4.98 Å². The zero-order valence-electron chi connectivity index (χ0n) is 9.30. The quantitative estimate of drug-likeness (QED) is 0.499. The Morgan fingerprint density at radius 2 is 2.35 bits per heavy atom. The molecule has 0 aromatic carbocycles. The predicted molar refractivity (Wildman–Crippen MR) is 70.0 cm³/mol. The van der Waals surface area contributed by atoms with Crippen LogP contribution < -0.4 is 0 Å². The summed E-state index contributed by atoms with van der Waals surface area (Å²) < 4.78 is 2.00. The lowest BCUT2D eigenvalue weighted by molar-refractivity contribution is 0.910. The van der Waals surface area contributed by atoms with Crippen LogP contribution in [0.1, 0.15) is 16.9 Å². The standard InChI is InChI=1S/C11H10N4S2/c1-16-11-13-10-8(9-14-12-5-15(9)11)6-3-2-4-7(6)17-10/h5H,2-4H2,1H3. The molecule has 4 nitrogen and oxygen atoms in total. The summed E-state index contributed by atoms with van der Waals surface area (Å²) in [5.41, 5.74) is 2.43. The first-order chi connectivity index (χ1) is 8.38. The molecule has 4 rings (SSSR count). The second-order valence-electron chi connectivity index (χ2n) is 4.16. The third-order valence-corrected chi connectivity index (χ3v) is 5.10. The van der Waals surface area contributed by atoms with E-state index in [9.17, 15) is 0 Å². The van der Waals surface area contributed by atoms with Crippen molar-refractivity contribution < 1.29 is 0 Å². The first-order valence-corrected chi connectivity index (χ1v) is 7.60. The minimum Gasteiger partial charge on any atom is -0.259 e.